The second kappa shape index (κ2) is 8.91. The molecule has 0 saturated carbocycles. The van der Waals surface area contributed by atoms with Crippen molar-refractivity contribution in [1.82, 2.24) is 10.3 Å². The van der Waals surface area contributed by atoms with Crippen LogP contribution in [0.5, 0.6) is 0 Å². The maximum Gasteiger partial charge on any atom is 0.252 e. The maximum absolute atomic E-state index is 13.3. The fourth-order valence-corrected chi connectivity index (χ4v) is 3.74. The van der Waals surface area contributed by atoms with Crippen molar-refractivity contribution in [3.63, 3.8) is 0 Å². The van der Waals surface area contributed by atoms with Crippen molar-refractivity contribution in [3.8, 4) is 11.3 Å². The minimum atomic E-state index is -0.0871. The molecule has 30 heavy (non-hydrogen) atoms. The van der Waals surface area contributed by atoms with Crippen LogP contribution in [0, 0.1) is 0 Å². The van der Waals surface area contributed by atoms with Crippen molar-refractivity contribution in [2.75, 3.05) is 0 Å². The van der Waals surface area contributed by atoms with Crippen molar-refractivity contribution in [1.29, 1.82) is 0 Å². The van der Waals surface area contributed by atoms with Crippen molar-refractivity contribution >= 4 is 16.8 Å². The molecule has 0 unspecified atom stereocenters. The van der Waals surface area contributed by atoms with E-state index < -0.39 is 0 Å². The molecule has 3 heteroatoms. The molecular weight excluding hydrogens is 368 g/mol. The smallest absolute Gasteiger partial charge is 0.252 e. The third-order valence-electron chi connectivity index (χ3n) is 5.40. The number of amides is 1. The molecule has 150 valence electrons. The van der Waals surface area contributed by atoms with E-state index >= 15 is 0 Å². The number of carbonyl (C=O) groups is 1. The number of hydrogen-bond donors (Lipinski definition) is 1. The third kappa shape index (κ3) is 4.25. The van der Waals surface area contributed by atoms with Crippen molar-refractivity contribution in [2.45, 2.75) is 32.7 Å². The summed E-state index contributed by atoms with van der Waals surface area (Å²) in [5.74, 6) is -0.0871. The molecule has 0 spiro atoms. The van der Waals surface area contributed by atoms with Gasteiger partial charge in [0.05, 0.1) is 22.8 Å². The van der Waals surface area contributed by atoms with Crippen molar-refractivity contribution in [3.05, 3.63) is 102 Å². The molecule has 0 fully saturated rings. The van der Waals surface area contributed by atoms with Gasteiger partial charge in [0.25, 0.3) is 5.91 Å². The Morgan fingerprint density at radius 3 is 2.37 bits per heavy atom. The van der Waals surface area contributed by atoms with Crippen molar-refractivity contribution < 1.29 is 4.79 Å². The van der Waals surface area contributed by atoms with Gasteiger partial charge in [0.2, 0.25) is 0 Å². The van der Waals surface area contributed by atoms with Gasteiger partial charge in [-0.15, -0.1) is 0 Å². The van der Waals surface area contributed by atoms with Crippen LogP contribution in [-0.2, 0) is 6.42 Å². The highest BCUT2D eigenvalue weighted by molar-refractivity contribution is 6.07. The third-order valence-corrected chi connectivity index (χ3v) is 5.40. The first-order valence-electron chi connectivity index (χ1n) is 10.5. The van der Waals surface area contributed by atoms with Gasteiger partial charge in [0, 0.05) is 10.9 Å². The Hall–Kier alpha value is -3.46. The molecule has 0 bridgehead atoms. The van der Waals surface area contributed by atoms with Gasteiger partial charge in [0.15, 0.2) is 0 Å². The standard InChI is InChI=1S/C27H26N2O/c1-3-9-20-14-16-21(17-15-20)19(2)28-27(30)24-18-26(22-10-5-4-6-11-22)29-25-13-8-7-12-23(24)25/h4-8,10-19H,3,9H2,1-2H3,(H,28,30)/t19-/m1/s1. The molecule has 0 radical (unpaired) electrons. The van der Waals surface area contributed by atoms with Crippen LogP contribution in [0.25, 0.3) is 22.2 Å². The number of nitrogens with one attached hydrogen (secondary N) is 1. The van der Waals surface area contributed by atoms with Gasteiger partial charge in [-0.1, -0.05) is 86.1 Å². The lowest BCUT2D eigenvalue weighted by atomic mass is 10.0. The highest BCUT2D eigenvalue weighted by Crippen LogP contribution is 2.25. The van der Waals surface area contributed by atoms with E-state index in [2.05, 4.69) is 36.5 Å². The van der Waals surface area contributed by atoms with E-state index in [-0.39, 0.29) is 11.9 Å². The van der Waals surface area contributed by atoms with Crippen LogP contribution in [0.3, 0.4) is 0 Å². The summed E-state index contributed by atoms with van der Waals surface area (Å²) in [7, 11) is 0. The van der Waals surface area contributed by atoms with Crippen LogP contribution in [0.1, 0.15) is 47.8 Å². The predicted molar refractivity (Wildman–Crippen MR) is 123 cm³/mol. The molecule has 1 aromatic heterocycles. The molecule has 1 heterocycles. The van der Waals surface area contributed by atoms with E-state index in [1.165, 1.54) is 5.56 Å². The zero-order valence-corrected chi connectivity index (χ0v) is 17.4. The number of fused-ring (bicyclic) bond motifs is 1. The molecule has 1 N–H and O–H groups in total. The fraction of sp³-hybridized carbons (Fsp3) is 0.185. The topological polar surface area (TPSA) is 42.0 Å². The SMILES string of the molecule is CCCc1ccc([C@@H](C)NC(=O)c2cc(-c3ccccc3)nc3ccccc23)cc1. The van der Waals surface area contributed by atoms with Gasteiger partial charge >= 0.3 is 0 Å². The molecular formula is C27H26N2O. The van der Waals surface area contributed by atoms with Crippen LogP contribution < -0.4 is 5.32 Å². The highest BCUT2D eigenvalue weighted by atomic mass is 16.1. The Labute approximate surface area is 177 Å². The Morgan fingerprint density at radius 2 is 1.63 bits per heavy atom. The van der Waals surface area contributed by atoms with Crippen LogP contribution in [0.15, 0.2) is 84.9 Å². The normalized spacial score (nSPS) is 11.9. The van der Waals surface area contributed by atoms with E-state index in [9.17, 15) is 4.79 Å². The molecule has 4 aromatic rings. The zero-order chi connectivity index (χ0) is 20.9. The number of benzene rings is 3. The van der Waals surface area contributed by atoms with E-state index in [4.69, 9.17) is 4.98 Å². The number of pyridine rings is 1. The predicted octanol–water partition coefficient (Wildman–Crippen LogP) is 6.35. The number of nitrogens with zero attached hydrogens (tertiary/aromatic N) is 1. The van der Waals surface area contributed by atoms with Gasteiger partial charge < -0.3 is 5.32 Å². The van der Waals surface area contributed by atoms with E-state index in [0.717, 1.165) is 40.6 Å². The highest BCUT2D eigenvalue weighted by Gasteiger charge is 2.16. The summed E-state index contributed by atoms with van der Waals surface area (Å²) in [6.07, 6.45) is 2.21. The van der Waals surface area contributed by atoms with Gasteiger partial charge in [-0.2, -0.15) is 0 Å². The summed E-state index contributed by atoms with van der Waals surface area (Å²) in [6, 6.07) is 28.1. The number of hydrogen-bond acceptors (Lipinski definition) is 2. The summed E-state index contributed by atoms with van der Waals surface area (Å²) in [6.45, 7) is 4.20. The maximum atomic E-state index is 13.3. The lowest BCUT2D eigenvalue weighted by molar-refractivity contribution is 0.0941. The number of aromatic nitrogens is 1. The summed E-state index contributed by atoms with van der Waals surface area (Å²) in [4.78, 5) is 18.0. The Balaban J connectivity index is 1.65. The molecule has 0 aliphatic heterocycles. The number of para-hydroxylation sites is 1. The summed E-state index contributed by atoms with van der Waals surface area (Å²) >= 11 is 0. The second-order valence-corrected chi connectivity index (χ2v) is 7.62. The molecule has 1 amide bonds. The summed E-state index contributed by atoms with van der Waals surface area (Å²) in [5.41, 5.74) is 5.69. The first-order valence-corrected chi connectivity index (χ1v) is 10.5. The first-order chi connectivity index (χ1) is 14.7. The molecule has 4 rings (SSSR count). The van der Waals surface area contributed by atoms with Gasteiger partial charge in [-0.3, -0.25) is 4.79 Å². The van der Waals surface area contributed by atoms with Gasteiger partial charge in [-0.05, 0) is 36.6 Å². The van der Waals surface area contributed by atoms with Crippen LogP contribution >= 0.6 is 0 Å². The van der Waals surface area contributed by atoms with E-state index in [0.29, 0.717) is 5.56 Å². The first kappa shape index (κ1) is 19.8. The average Bonchev–Trinajstić information content (AvgIpc) is 2.79. The Kier molecular flexibility index (Phi) is 5.89. The molecule has 0 saturated heterocycles. The van der Waals surface area contributed by atoms with Gasteiger partial charge in [-0.25, -0.2) is 4.98 Å². The molecule has 3 aromatic carbocycles. The number of rotatable bonds is 6. The molecule has 3 nitrogen and oxygen atoms in total. The van der Waals surface area contributed by atoms with E-state index in [1.54, 1.807) is 0 Å². The van der Waals surface area contributed by atoms with Crippen LogP contribution in [0.4, 0.5) is 0 Å². The van der Waals surface area contributed by atoms with E-state index in [1.807, 2.05) is 67.6 Å². The summed E-state index contributed by atoms with van der Waals surface area (Å²) < 4.78 is 0. The monoisotopic (exact) mass is 394 g/mol. The van der Waals surface area contributed by atoms with Crippen LogP contribution in [0.2, 0.25) is 0 Å². The zero-order valence-electron chi connectivity index (χ0n) is 17.4. The summed E-state index contributed by atoms with van der Waals surface area (Å²) in [5, 5.41) is 4.03. The average molecular weight is 395 g/mol. The van der Waals surface area contributed by atoms with Gasteiger partial charge in [0.1, 0.15) is 0 Å². The largest absolute Gasteiger partial charge is 0.345 e. The molecule has 0 aliphatic rings. The minimum absolute atomic E-state index is 0.0831. The minimum Gasteiger partial charge on any atom is -0.345 e. The second-order valence-electron chi connectivity index (χ2n) is 7.62. The molecule has 0 aliphatic carbocycles. The lowest BCUT2D eigenvalue weighted by Gasteiger charge is -2.16. The number of aryl methyl sites for hydroxylation is 1. The lowest BCUT2D eigenvalue weighted by Crippen LogP contribution is -2.27. The molecule has 1 atom stereocenters. The quantitative estimate of drug-likeness (QED) is 0.414. The number of carbonyl (C=O) groups excluding carboxylic acids is 1. The van der Waals surface area contributed by atoms with Crippen molar-refractivity contribution in [2.24, 2.45) is 0 Å². The Bertz CT molecular complexity index is 1150. The Morgan fingerprint density at radius 1 is 0.933 bits per heavy atom. The van der Waals surface area contributed by atoms with Crippen LogP contribution in [-0.4, -0.2) is 10.9 Å². The fourth-order valence-electron chi connectivity index (χ4n) is 3.74.